The molecule has 0 saturated carbocycles. The van der Waals surface area contributed by atoms with Gasteiger partial charge in [-0.3, -0.25) is 0 Å². The minimum Gasteiger partial charge on any atom is -0.0620 e. The Bertz CT molecular complexity index is 1490. The fraction of sp³-hybridized carbons (Fsp3) is 0.0909. The molecule has 5 aromatic carbocycles. The van der Waals surface area contributed by atoms with Gasteiger partial charge in [0, 0.05) is 0 Å². The fourth-order valence-corrected chi connectivity index (χ4v) is 5.24. The predicted octanol–water partition coefficient (Wildman–Crippen LogP) is 8.88. The largest absolute Gasteiger partial charge is 0.0620 e. The van der Waals surface area contributed by atoms with Crippen LogP contribution in [0.25, 0.3) is 44.5 Å². The zero-order valence-corrected chi connectivity index (χ0v) is 19.1. The van der Waals surface area contributed by atoms with Crippen LogP contribution < -0.4 is 0 Å². The van der Waals surface area contributed by atoms with Gasteiger partial charge < -0.3 is 0 Å². The first-order valence-corrected chi connectivity index (χ1v) is 11.7. The molecule has 0 N–H and O–H groups in total. The van der Waals surface area contributed by atoms with Crippen molar-refractivity contribution in [1.29, 1.82) is 0 Å². The fourth-order valence-electron chi connectivity index (χ4n) is 5.24. The van der Waals surface area contributed by atoms with Gasteiger partial charge >= 0.3 is 0 Å². The van der Waals surface area contributed by atoms with E-state index in [1.54, 1.807) is 0 Å². The number of rotatable bonds is 3. The second kappa shape index (κ2) is 7.90. The quantitative estimate of drug-likeness (QED) is 0.267. The maximum atomic E-state index is 2.34. The first kappa shape index (κ1) is 19.8. The van der Waals surface area contributed by atoms with Crippen LogP contribution in [0.5, 0.6) is 0 Å². The van der Waals surface area contributed by atoms with E-state index < -0.39 is 0 Å². The number of benzene rings is 5. The first-order chi connectivity index (χ1) is 16.2. The van der Waals surface area contributed by atoms with Crippen LogP contribution in [0.4, 0.5) is 0 Å². The molecule has 1 aliphatic carbocycles. The van der Waals surface area contributed by atoms with E-state index >= 15 is 0 Å². The normalized spacial score (nSPS) is 11.8. The number of fused-ring (bicyclic) bond motifs is 3. The van der Waals surface area contributed by atoms with Gasteiger partial charge in [0.25, 0.3) is 0 Å². The van der Waals surface area contributed by atoms with Crippen LogP contribution in [0.2, 0.25) is 0 Å². The standard InChI is InChI=1S/C33H26/c1-22-8-3-5-10-28(22)32-20-26(15-14-23(32)2)24-16-18-25(19-17-24)29-12-7-13-31-30-11-6-4-9-27(30)21-33(29)31/h3-20H,21H2,1-2H3. The van der Waals surface area contributed by atoms with Crippen molar-refractivity contribution in [2.45, 2.75) is 20.3 Å². The maximum Gasteiger partial charge on any atom is -0.000729 e. The molecule has 0 nitrogen and oxygen atoms in total. The van der Waals surface area contributed by atoms with Gasteiger partial charge in [-0.15, -0.1) is 0 Å². The third-order valence-electron chi connectivity index (χ3n) is 7.05. The SMILES string of the molecule is Cc1ccccc1-c1cc(-c2ccc(-c3cccc4c3Cc3ccccc3-4)cc2)ccc1C. The van der Waals surface area contributed by atoms with Crippen molar-refractivity contribution in [3.63, 3.8) is 0 Å². The highest BCUT2D eigenvalue weighted by Gasteiger charge is 2.20. The number of aryl methyl sites for hydroxylation is 2. The van der Waals surface area contributed by atoms with Gasteiger partial charge in [-0.05, 0) is 93.1 Å². The summed E-state index contributed by atoms with van der Waals surface area (Å²) < 4.78 is 0. The Kier molecular flexibility index (Phi) is 4.73. The Morgan fingerprint density at radius 2 is 1.03 bits per heavy atom. The molecule has 0 amide bonds. The lowest BCUT2D eigenvalue weighted by Gasteiger charge is -2.13. The minimum absolute atomic E-state index is 1.02. The molecule has 0 saturated heterocycles. The Labute approximate surface area is 196 Å². The van der Waals surface area contributed by atoms with Crippen molar-refractivity contribution < 1.29 is 0 Å². The van der Waals surface area contributed by atoms with Crippen molar-refractivity contribution in [2.24, 2.45) is 0 Å². The van der Waals surface area contributed by atoms with Crippen molar-refractivity contribution in [2.75, 3.05) is 0 Å². The van der Waals surface area contributed by atoms with Crippen LogP contribution in [0.3, 0.4) is 0 Å². The van der Waals surface area contributed by atoms with Gasteiger partial charge in [0.05, 0.1) is 0 Å². The van der Waals surface area contributed by atoms with E-state index in [1.165, 1.54) is 66.8 Å². The zero-order valence-electron chi connectivity index (χ0n) is 19.1. The average Bonchev–Trinajstić information content (AvgIpc) is 3.24. The summed E-state index contributed by atoms with van der Waals surface area (Å²) in [7, 11) is 0. The summed E-state index contributed by atoms with van der Waals surface area (Å²) in [6.07, 6.45) is 1.02. The second-order valence-electron chi connectivity index (χ2n) is 9.09. The Morgan fingerprint density at radius 1 is 0.424 bits per heavy atom. The van der Waals surface area contributed by atoms with Gasteiger partial charge in [-0.1, -0.05) is 103 Å². The van der Waals surface area contributed by atoms with Gasteiger partial charge in [-0.25, -0.2) is 0 Å². The van der Waals surface area contributed by atoms with Gasteiger partial charge in [0.1, 0.15) is 0 Å². The highest BCUT2D eigenvalue weighted by Crippen LogP contribution is 2.41. The summed E-state index contributed by atoms with van der Waals surface area (Å²) in [5.41, 5.74) is 16.0. The second-order valence-corrected chi connectivity index (χ2v) is 9.09. The number of hydrogen-bond donors (Lipinski definition) is 0. The van der Waals surface area contributed by atoms with Crippen molar-refractivity contribution >= 4 is 0 Å². The molecule has 158 valence electrons. The summed E-state index contributed by atoms with van der Waals surface area (Å²) in [5.74, 6) is 0. The summed E-state index contributed by atoms with van der Waals surface area (Å²) in [6, 6.07) is 40.1. The highest BCUT2D eigenvalue weighted by atomic mass is 14.2. The molecule has 0 fully saturated rings. The van der Waals surface area contributed by atoms with E-state index in [4.69, 9.17) is 0 Å². The summed E-state index contributed by atoms with van der Waals surface area (Å²) >= 11 is 0. The minimum atomic E-state index is 1.02. The molecule has 0 aliphatic heterocycles. The lowest BCUT2D eigenvalue weighted by atomic mass is 9.91. The molecule has 0 radical (unpaired) electrons. The molecule has 0 unspecified atom stereocenters. The van der Waals surface area contributed by atoms with Crippen LogP contribution in [-0.2, 0) is 6.42 Å². The first-order valence-electron chi connectivity index (χ1n) is 11.7. The van der Waals surface area contributed by atoms with E-state index in [0.717, 1.165) is 6.42 Å². The van der Waals surface area contributed by atoms with Gasteiger partial charge in [-0.2, -0.15) is 0 Å². The molecule has 0 heterocycles. The van der Waals surface area contributed by atoms with E-state index in [9.17, 15) is 0 Å². The molecular weight excluding hydrogens is 396 g/mol. The summed E-state index contributed by atoms with van der Waals surface area (Å²) in [4.78, 5) is 0. The molecule has 0 atom stereocenters. The van der Waals surface area contributed by atoms with Crippen LogP contribution in [-0.4, -0.2) is 0 Å². The smallest absolute Gasteiger partial charge is 0.000729 e. The highest BCUT2D eigenvalue weighted by molar-refractivity contribution is 5.85. The molecule has 5 aromatic rings. The van der Waals surface area contributed by atoms with E-state index in [2.05, 4.69) is 123 Å². The van der Waals surface area contributed by atoms with Crippen LogP contribution in [0.1, 0.15) is 22.3 Å². The predicted molar refractivity (Wildman–Crippen MR) is 140 cm³/mol. The van der Waals surface area contributed by atoms with Crippen LogP contribution >= 0.6 is 0 Å². The molecule has 0 bridgehead atoms. The van der Waals surface area contributed by atoms with Crippen molar-refractivity contribution in [1.82, 2.24) is 0 Å². The Balaban J connectivity index is 1.37. The van der Waals surface area contributed by atoms with Crippen molar-refractivity contribution in [3.05, 3.63) is 131 Å². The molecular formula is C33H26. The van der Waals surface area contributed by atoms with Gasteiger partial charge in [0.2, 0.25) is 0 Å². The van der Waals surface area contributed by atoms with Crippen LogP contribution in [0, 0.1) is 13.8 Å². The molecule has 0 aromatic heterocycles. The number of hydrogen-bond acceptors (Lipinski definition) is 0. The van der Waals surface area contributed by atoms with E-state index in [-0.39, 0.29) is 0 Å². The van der Waals surface area contributed by atoms with Crippen LogP contribution in [0.15, 0.2) is 109 Å². The lowest BCUT2D eigenvalue weighted by molar-refractivity contribution is 1.26. The van der Waals surface area contributed by atoms with Gasteiger partial charge in [0.15, 0.2) is 0 Å². The monoisotopic (exact) mass is 422 g/mol. The van der Waals surface area contributed by atoms with Crippen molar-refractivity contribution in [3.8, 4) is 44.5 Å². The topological polar surface area (TPSA) is 0 Å². The van der Waals surface area contributed by atoms with E-state index in [0.29, 0.717) is 0 Å². The molecule has 0 spiro atoms. The average molecular weight is 423 g/mol. The molecule has 6 rings (SSSR count). The molecule has 0 heteroatoms. The summed E-state index contributed by atoms with van der Waals surface area (Å²) in [6.45, 7) is 4.38. The third kappa shape index (κ3) is 3.39. The van der Waals surface area contributed by atoms with E-state index in [1.807, 2.05) is 0 Å². The Hall–Kier alpha value is -3.90. The lowest BCUT2D eigenvalue weighted by Crippen LogP contribution is -1.90. The summed E-state index contributed by atoms with van der Waals surface area (Å²) in [5, 5.41) is 0. The molecule has 33 heavy (non-hydrogen) atoms. The molecule has 1 aliphatic rings. The Morgan fingerprint density at radius 3 is 1.85 bits per heavy atom. The third-order valence-corrected chi connectivity index (χ3v) is 7.05. The zero-order chi connectivity index (χ0) is 22.4. The maximum absolute atomic E-state index is 2.34.